The lowest BCUT2D eigenvalue weighted by atomic mass is 10.2. The zero-order chi connectivity index (χ0) is 15.2. The molecule has 21 heavy (non-hydrogen) atoms. The van der Waals surface area contributed by atoms with Gasteiger partial charge in [0, 0.05) is 5.56 Å². The van der Waals surface area contributed by atoms with Crippen molar-refractivity contribution in [2.45, 2.75) is 6.92 Å². The van der Waals surface area contributed by atoms with Gasteiger partial charge in [-0.3, -0.25) is 10.2 Å². The lowest BCUT2D eigenvalue weighted by Crippen LogP contribution is -2.10. The number of hydrazone groups is 1. The van der Waals surface area contributed by atoms with E-state index in [0.717, 1.165) is 0 Å². The Kier molecular flexibility index (Phi) is 4.78. The number of phenolic OH excluding ortho intramolecular Hbond substituents is 1. The predicted molar refractivity (Wildman–Crippen MR) is 80.4 cm³/mol. The highest BCUT2D eigenvalue weighted by Gasteiger charge is 2.06. The van der Waals surface area contributed by atoms with Crippen molar-refractivity contribution in [3.05, 3.63) is 45.3 Å². The maximum absolute atomic E-state index is 11.2. The van der Waals surface area contributed by atoms with Crippen LogP contribution in [-0.2, 0) is 0 Å². The Bertz CT molecular complexity index is 715. The van der Waals surface area contributed by atoms with Gasteiger partial charge >= 0.3 is 0 Å². The molecule has 2 aromatic rings. The summed E-state index contributed by atoms with van der Waals surface area (Å²) in [5, 5.41) is 19.6. The monoisotopic (exact) mass is 308 g/mol. The summed E-state index contributed by atoms with van der Waals surface area (Å²) in [6.45, 7) is 2.27. The molecule has 8 heteroatoms. The van der Waals surface area contributed by atoms with Gasteiger partial charge in [-0.25, -0.2) is 5.10 Å². The topological polar surface area (TPSA) is 99.6 Å². The number of phenols is 1. The minimum atomic E-state index is -0.516. The number of hydrogen-bond acceptors (Lipinski definition) is 6. The number of nitrogens with zero attached hydrogens (tertiary/aromatic N) is 2. The Hall–Kier alpha value is -2.54. The number of hydrogen-bond donors (Lipinski definition) is 3. The first kappa shape index (κ1) is 14.9. The molecule has 0 aliphatic rings. The first-order valence-electron chi connectivity index (χ1n) is 6.10. The maximum atomic E-state index is 11.2. The Labute approximate surface area is 125 Å². The number of para-hydroxylation sites is 1. The molecule has 0 aliphatic carbocycles. The predicted octanol–water partition coefficient (Wildman–Crippen LogP) is 1.97. The molecule has 0 amide bonds. The van der Waals surface area contributed by atoms with Crippen LogP contribution in [0.4, 0.5) is 5.69 Å². The van der Waals surface area contributed by atoms with Crippen LogP contribution in [0.3, 0.4) is 0 Å². The van der Waals surface area contributed by atoms with E-state index in [9.17, 15) is 9.90 Å². The van der Waals surface area contributed by atoms with Gasteiger partial charge in [-0.1, -0.05) is 17.7 Å². The number of aromatic nitrogens is 2. The molecular weight excluding hydrogens is 296 g/mol. The number of aromatic amines is 1. The van der Waals surface area contributed by atoms with E-state index in [1.165, 1.54) is 12.4 Å². The second-order valence-corrected chi connectivity index (χ2v) is 4.30. The van der Waals surface area contributed by atoms with E-state index in [1.54, 1.807) is 18.2 Å². The molecule has 110 valence electrons. The summed E-state index contributed by atoms with van der Waals surface area (Å²) in [5.41, 5.74) is 2.79. The Balaban J connectivity index is 2.17. The summed E-state index contributed by atoms with van der Waals surface area (Å²) in [5.74, 6) is 0.359. The van der Waals surface area contributed by atoms with E-state index in [1.807, 2.05) is 6.92 Å². The van der Waals surface area contributed by atoms with E-state index >= 15 is 0 Å². The number of aromatic hydroxyl groups is 1. The van der Waals surface area contributed by atoms with Gasteiger partial charge in [0.15, 0.2) is 11.5 Å². The number of H-pyrrole nitrogens is 1. The van der Waals surface area contributed by atoms with Gasteiger partial charge in [-0.15, -0.1) is 0 Å². The molecule has 0 fully saturated rings. The fraction of sp³-hybridized carbons (Fsp3) is 0.154. The van der Waals surface area contributed by atoms with Crippen LogP contribution in [0.2, 0.25) is 5.02 Å². The van der Waals surface area contributed by atoms with E-state index in [4.69, 9.17) is 16.3 Å². The minimum Gasteiger partial charge on any atom is -0.504 e. The van der Waals surface area contributed by atoms with Gasteiger partial charge in [0.1, 0.15) is 10.7 Å². The fourth-order valence-electron chi connectivity index (χ4n) is 1.55. The lowest BCUT2D eigenvalue weighted by Gasteiger charge is -2.07. The van der Waals surface area contributed by atoms with Crippen LogP contribution in [0.15, 0.2) is 34.3 Å². The second-order valence-electron chi connectivity index (χ2n) is 3.92. The van der Waals surface area contributed by atoms with Crippen molar-refractivity contribution < 1.29 is 9.84 Å². The molecule has 0 bridgehead atoms. The largest absolute Gasteiger partial charge is 0.504 e. The molecule has 0 unspecified atom stereocenters. The van der Waals surface area contributed by atoms with E-state index < -0.39 is 5.56 Å². The van der Waals surface area contributed by atoms with Crippen LogP contribution in [0, 0.1) is 0 Å². The molecule has 7 nitrogen and oxygen atoms in total. The third-order valence-corrected chi connectivity index (χ3v) is 2.89. The molecule has 1 heterocycles. The quantitative estimate of drug-likeness (QED) is 0.579. The van der Waals surface area contributed by atoms with E-state index in [2.05, 4.69) is 20.7 Å². The number of benzene rings is 1. The smallest absolute Gasteiger partial charge is 0.285 e. The molecule has 3 N–H and O–H groups in total. The van der Waals surface area contributed by atoms with Crippen molar-refractivity contribution in [1.82, 2.24) is 10.2 Å². The van der Waals surface area contributed by atoms with Crippen LogP contribution in [-0.4, -0.2) is 28.1 Å². The molecule has 0 saturated carbocycles. The molecule has 0 radical (unpaired) electrons. The summed E-state index contributed by atoms with van der Waals surface area (Å²) < 4.78 is 5.27. The van der Waals surface area contributed by atoms with Crippen LogP contribution >= 0.6 is 11.6 Å². The van der Waals surface area contributed by atoms with Gasteiger partial charge in [0.25, 0.3) is 5.56 Å². The summed E-state index contributed by atoms with van der Waals surface area (Å²) in [4.78, 5) is 11.2. The highest BCUT2D eigenvalue weighted by Crippen LogP contribution is 2.28. The fourth-order valence-corrected chi connectivity index (χ4v) is 1.68. The molecule has 0 atom stereocenters. The van der Waals surface area contributed by atoms with Crippen molar-refractivity contribution in [2.24, 2.45) is 5.10 Å². The number of rotatable bonds is 5. The zero-order valence-electron chi connectivity index (χ0n) is 11.1. The van der Waals surface area contributed by atoms with Crippen molar-refractivity contribution in [2.75, 3.05) is 12.0 Å². The van der Waals surface area contributed by atoms with E-state index in [-0.39, 0.29) is 16.5 Å². The molecular formula is C13H13ClN4O3. The van der Waals surface area contributed by atoms with Gasteiger partial charge in [0.05, 0.1) is 19.0 Å². The maximum Gasteiger partial charge on any atom is 0.285 e. The first-order chi connectivity index (χ1) is 10.1. The third-order valence-electron chi connectivity index (χ3n) is 2.51. The lowest BCUT2D eigenvalue weighted by molar-refractivity contribution is 0.318. The normalized spacial score (nSPS) is 10.8. The minimum absolute atomic E-state index is 0.0139. The SMILES string of the molecule is CCOc1cccc(/C=N\Nc2cn[nH]c(=O)c2Cl)c1O. The molecule has 0 saturated heterocycles. The van der Waals surface area contributed by atoms with Crippen molar-refractivity contribution in [1.29, 1.82) is 0 Å². The molecule has 0 aliphatic heterocycles. The van der Waals surface area contributed by atoms with Gasteiger partial charge in [-0.05, 0) is 19.1 Å². The summed E-state index contributed by atoms with van der Waals surface area (Å²) in [6, 6.07) is 5.05. The van der Waals surface area contributed by atoms with Gasteiger partial charge in [-0.2, -0.15) is 10.2 Å². The standard InChI is InChI=1S/C13H13ClN4O3/c1-2-21-10-5-3-4-8(12(10)19)6-15-17-9-7-16-18-13(20)11(9)14/h3-7,19H,2H2,1H3,(H2,17,18,20)/b15-6-. The van der Waals surface area contributed by atoms with Crippen molar-refractivity contribution in [3.63, 3.8) is 0 Å². The highest BCUT2D eigenvalue weighted by molar-refractivity contribution is 6.32. The zero-order valence-corrected chi connectivity index (χ0v) is 11.9. The number of anilines is 1. The average molecular weight is 309 g/mol. The Morgan fingerprint density at radius 3 is 3.14 bits per heavy atom. The molecule has 2 rings (SSSR count). The molecule has 1 aromatic carbocycles. The van der Waals surface area contributed by atoms with Crippen molar-refractivity contribution >= 4 is 23.5 Å². The summed E-state index contributed by atoms with van der Waals surface area (Å²) in [6.07, 6.45) is 2.72. The van der Waals surface area contributed by atoms with E-state index in [0.29, 0.717) is 17.9 Å². The number of ether oxygens (including phenoxy) is 1. The van der Waals surface area contributed by atoms with Crippen LogP contribution in [0.25, 0.3) is 0 Å². The van der Waals surface area contributed by atoms with Gasteiger partial charge < -0.3 is 9.84 Å². The number of nitrogens with one attached hydrogen (secondary N) is 2. The highest BCUT2D eigenvalue weighted by atomic mass is 35.5. The Morgan fingerprint density at radius 1 is 1.57 bits per heavy atom. The summed E-state index contributed by atoms with van der Waals surface area (Å²) >= 11 is 5.78. The molecule has 1 aromatic heterocycles. The summed E-state index contributed by atoms with van der Waals surface area (Å²) in [7, 11) is 0. The first-order valence-corrected chi connectivity index (χ1v) is 6.48. The molecule has 0 spiro atoms. The number of halogens is 1. The van der Waals surface area contributed by atoms with Crippen LogP contribution in [0.1, 0.15) is 12.5 Å². The Morgan fingerprint density at radius 2 is 2.38 bits per heavy atom. The third kappa shape index (κ3) is 3.51. The average Bonchev–Trinajstić information content (AvgIpc) is 2.47. The van der Waals surface area contributed by atoms with Crippen LogP contribution in [0.5, 0.6) is 11.5 Å². The van der Waals surface area contributed by atoms with Gasteiger partial charge in [0.2, 0.25) is 0 Å². The second kappa shape index (κ2) is 6.76. The van der Waals surface area contributed by atoms with Crippen LogP contribution < -0.4 is 15.7 Å². The van der Waals surface area contributed by atoms with Crippen molar-refractivity contribution in [3.8, 4) is 11.5 Å².